The van der Waals surface area contributed by atoms with Gasteiger partial charge in [-0.05, 0) is 24.6 Å². The molecule has 0 aliphatic heterocycles. The van der Waals surface area contributed by atoms with Gasteiger partial charge in [-0.1, -0.05) is 6.07 Å². The molecule has 4 nitrogen and oxygen atoms in total. The molecule has 1 N–H and O–H groups in total. The third-order valence-electron chi connectivity index (χ3n) is 2.34. The van der Waals surface area contributed by atoms with E-state index in [1.165, 1.54) is 30.6 Å². The molecule has 0 bridgehead atoms. The molecule has 2 rings (SSSR count). The number of halogens is 1. The van der Waals surface area contributed by atoms with E-state index in [1.807, 2.05) is 6.92 Å². The Morgan fingerprint density at radius 2 is 2.28 bits per heavy atom. The van der Waals surface area contributed by atoms with Crippen LogP contribution in [-0.2, 0) is 4.74 Å². The first-order valence-corrected chi connectivity index (χ1v) is 6.05. The van der Waals surface area contributed by atoms with Gasteiger partial charge in [-0.15, -0.1) is 11.3 Å². The lowest BCUT2D eigenvalue weighted by atomic mass is 10.2. The molecule has 2 aromatic rings. The van der Waals surface area contributed by atoms with Gasteiger partial charge in [0.25, 0.3) is 0 Å². The van der Waals surface area contributed by atoms with Crippen LogP contribution < -0.4 is 5.32 Å². The molecule has 0 radical (unpaired) electrons. The maximum atomic E-state index is 13.1. The molecule has 0 aliphatic rings. The summed E-state index contributed by atoms with van der Waals surface area (Å²) in [6, 6.07) is 4.45. The van der Waals surface area contributed by atoms with Crippen LogP contribution >= 0.6 is 11.3 Å². The number of carbonyl (C=O) groups excluding carboxylic acids is 1. The van der Waals surface area contributed by atoms with Crippen molar-refractivity contribution in [2.45, 2.75) is 6.92 Å². The topological polar surface area (TPSA) is 51.2 Å². The standard InChI is InChI=1S/C12H11FN2O2S/c1-7-3-4-8(13)5-9(7)14-12-15-10(6-18-12)11(16)17-2/h3-6H,1-2H3,(H,14,15). The van der Waals surface area contributed by atoms with Crippen molar-refractivity contribution in [2.75, 3.05) is 12.4 Å². The number of aryl methyl sites for hydroxylation is 1. The number of nitrogens with one attached hydrogen (secondary N) is 1. The Balaban J connectivity index is 2.21. The Morgan fingerprint density at radius 3 is 3.00 bits per heavy atom. The Bertz CT molecular complexity index is 583. The largest absolute Gasteiger partial charge is 0.464 e. The van der Waals surface area contributed by atoms with Crippen LogP contribution in [0.15, 0.2) is 23.6 Å². The fraction of sp³-hybridized carbons (Fsp3) is 0.167. The number of ether oxygens (including phenoxy) is 1. The molecule has 0 fully saturated rings. The minimum atomic E-state index is -0.490. The SMILES string of the molecule is COC(=O)c1csc(Nc2cc(F)ccc2C)n1. The number of hydrogen-bond donors (Lipinski definition) is 1. The molecule has 6 heteroatoms. The van der Waals surface area contributed by atoms with E-state index in [9.17, 15) is 9.18 Å². The molecule has 0 unspecified atom stereocenters. The maximum Gasteiger partial charge on any atom is 0.357 e. The molecular formula is C12H11FN2O2S. The fourth-order valence-electron chi connectivity index (χ4n) is 1.37. The number of rotatable bonds is 3. The number of anilines is 2. The molecule has 0 amide bonds. The zero-order valence-corrected chi connectivity index (χ0v) is 10.7. The molecule has 1 aromatic carbocycles. The normalized spacial score (nSPS) is 10.2. The maximum absolute atomic E-state index is 13.1. The Labute approximate surface area is 107 Å². The van der Waals surface area contributed by atoms with Crippen LogP contribution in [0.1, 0.15) is 16.1 Å². The molecule has 1 aromatic heterocycles. The van der Waals surface area contributed by atoms with Crippen molar-refractivity contribution in [2.24, 2.45) is 0 Å². The average molecular weight is 266 g/mol. The van der Waals surface area contributed by atoms with Gasteiger partial charge in [-0.25, -0.2) is 14.2 Å². The van der Waals surface area contributed by atoms with Crippen molar-refractivity contribution in [3.05, 3.63) is 40.7 Å². The second-order valence-electron chi connectivity index (χ2n) is 3.61. The summed E-state index contributed by atoms with van der Waals surface area (Å²) in [6.45, 7) is 1.86. The molecule has 1 heterocycles. The van der Waals surface area contributed by atoms with Gasteiger partial charge in [-0.2, -0.15) is 0 Å². The van der Waals surface area contributed by atoms with E-state index in [-0.39, 0.29) is 11.5 Å². The Hall–Kier alpha value is -1.95. The first kappa shape index (κ1) is 12.5. The predicted octanol–water partition coefficient (Wildman–Crippen LogP) is 3.12. The van der Waals surface area contributed by atoms with Crippen LogP contribution in [0.3, 0.4) is 0 Å². The molecule has 0 aliphatic carbocycles. The predicted molar refractivity (Wildman–Crippen MR) is 67.9 cm³/mol. The zero-order valence-electron chi connectivity index (χ0n) is 9.86. The minimum Gasteiger partial charge on any atom is -0.464 e. The zero-order chi connectivity index (χ0) is 13.1. The average Bonchev–Trinajstić information content (AvgIpc) is 2.81. The number of carbonyl (C=O) groups is 1. The molecule has 0 saturated heterocycles. The Morgan fingerprint density at radius 1 is 1.50 bits per heavy atom. The molecule has 0 atom stereocenters. The highest BCUT2D eigenvalue weighted by Crippen LogP contribution is 2.24. The fourth-order valence-corrected chi connectivity index (χ4v) is 2.07. The smallest absolute Gasteiger partial charge is 0.357 e. The van der Waals surface area contributed by atoms with Crippen molar-refractivity contribution in [1.29, 1.82) is 0 Å². The van der Waals surface area contributed by atoms with Gasteiger partial charge in [0, 0.05) is 11.1 Å². The van der Waals surface area contributed by atoms with E-state index in [0.717, 1.165) is 5.56 Å². The lowest BCUT2D eigenvalue weighted by Crippen LogP contribution is -2.01. The van der Waals surface area contributed by atoms with E-state index >= 15 is 0 Å². The first-order chi connectivity index (χ1) is 8.60. The number of hydrogen-bond acceptors (Lipinski definition) is 5. The van der Waals surface area contributed by atoms with E-state index in [1.54, 1.807) is 11.4 Å². The van der Waals surface area contributed by atoms with Crippen LogP contribution in [0.2, 0.25) is 0 Å². The number of methoxy groups -OCH3 is 1. The molecule has 94 valence electrons. The van der Waals surface area contributed by atoms with E-state index in [0.29, 0.717) is 10.8 Å². The summed E-state index contributed by atoms with van der Waals surface area (Å²) in [5, 5.41) is 5.08. The summed E-state index contributed by atoms with van der Waals surface area (Å²) in [6.07, 6.45) is 0. The second-order valence-corrected chi connectivity index (χ2v) is 4.47. The summed E-state index contributed by atoms with van der Waals surface area (Å²) in [7, 11) is 1.30. The van der Waals surface area contributed by atoms with Gasteiger partial charge in [0.1, 0.15) is 5.82 Å². The highest BCUT2D eigenvalue weighted by molar-refractivity contribution is 7.14. The number of aromatic nitrogens is 1. The molecular weight excluding hydrogens is 255 g/mol. The van der Waals surface area contributed by atoms with Crippen molar-refractivity contribution in [1.82, 2.24) is 4.98 Å². The summed E-state index contributed by atoms with van der Waals surface area (Å²) in [5.74, 6) is -0.817. The lowest BCUT2D eigenvalue weighted by Gasteiger charge is -2.06. The van der Waals surface area contributed by atoms with Crippen molar-refractivity contribution < 1.29 is 13.9 Å². The number of thiazole rings is 1. The van der Waals surface area contributed by atoms with Gasteiger partial charge in [-0.3, -0.25) is 0 Å². The van der Waals surface area contributed by atoms with Crippen LogP contribution in [-0.4, -0.2) is 18.1 Å². The minimum absolute atomic E-state index is 0.235. The van der Waals surface area contributed by atoms with Gasteiger partial charge >= 0.3 is 5.97 Å². The monoisotopic (exact) mass is 266 g/mol. The number of esters is 1. The first-order valence-electron chi connectivity index (χ1n) is 5.17. The van der Waals surface area contributed by atoms with E-state index in [2.05, 4.69) is 15.0 Å². The van der Waals surface area contributed by atoms with Crippen molar-refractivity contribution in [3.8, 4) is 0 Å². The van der Waals surface area contributed by atoms with Gasteiger partial charge in [0.2, 0.25) is 0 Å². The molecule has 0 saturated carbocycles. The Kier molecular flexibility index (Phi) is 3.57. The summed E-state index contributed by atoms with van der Waals surface area (Å²) >= 11 is 1.26. The van der Waals surface area contributed by atoms with Crippen molar-refractivity contribution in [3.63, 3.8) is 0 Å². The van der Waals surface area contributed by atoms with Crippen LogP contribution in [0.25, 0.3) is 0 Å². The third-order valence-corrected chi connectivity index (χ3v) is 3.10. The third kappa shape index (κ3) is 2.65. The molecule has 0 spiro atoms. The van der Waals surface area contributed by atoms with Gasteiger partial charge < -0.3 is 10.1 Å². The summed E-state index contributed by atoms with van der Waals surface area (Å²) in [4.78, 5) is 15.3. The number of benzene rings is 1. The second kappa shape index (κ2) is 5.14. The van der Waals surface area contributed by atoms with Crippen LogP contribution in [0, 0.1) is 12.7 Å². The van der Waals surface area contributed by atoms with E-state index < -0.39 is 5.97 Å². The van der Waals surface area contributed by atoms with Crippen LogP contribution in [0.4, 0.5) is 15.2 Å². The highest BCUT2D eigenvalue weighted by Gasteiger charge is 2.11. The lowest BCUT2D eigenvalue weighted by molar-refractivity contribution is 0.0595. The molecule has 18 heavy (non-hydrogen) atoms. The highest BCUT2D eigenvalue weighted by atomic mass is 32.1. The summed E-state index contributed by atoms with van der Waals surface area (Å²) < 4.78 is 17.7. The van der Waals surface area contributed by atoms with Crippen molar-refractivity contribution >= 4 is 28.1 Å². The van der Waals surface area contributed by atoms with E-state index in [4.69, 9.17) is 0 Å². The van der Waals surface area contributed by atoms with Gasteiger partial charge in [0.15, 0.2) is 10.8 Å². The van der Waals surface area contributed by atoms with Gasteiger partial charge in [0.05, 0.1) is 7.11 Å². The number of nitrogens with zero attached hydrogens (tertiary/aromatic N) is 1. The van der Waals surface area contributed by atoms with Crippen LogP contribution in [0.5, 0.6) is 0 Å². The quantitative estimate of drug-likeness (QED) is 0.867. The summed E-state index contributed by atoms with van der Waals surface area (Å²) in [5.41, 5.74) is 1.76.